The van der Waals surface area contributed by atoms with Crippen LogP contribution in [0.25, 0.3) is 0 Å². The monoisotopic (exact) mass is 509 g/mol. The van der Waals surface area contributed by atoms with Crippen molar-refractivity contribution in [3.8, 4) is 0 Å². The molecule has 0 bridgehead atoms. The maximum Gasteiger partial charge on any atom is 0.234 e. The van der Waals surface area contributed by atoms with Crippen molar-refractivity contribution in [2.24, 2.45) is 5.92 Å². The first-order valence-electron chi connectivity index (χ1n) is 12.6. The summed E-state index contributed by atoms with van der Waals surface area (Å²) < 4.78 is 0. The fourth-order valence-electron chi connectivity index (χ4n) is 3.84. The molecule has 0 radical (unpaired) electrons. The minimum Gasteiger partial charge on any atom is -0.313 e. The maximum absolute atomic E-state index is 11.1. The molecule has 1 atom stereocenters. The van der Waals surface area contributed by atoms with E-state index in [2.05, 4.69) is 69.1 Å². The van der Waals surface area contributed by atoms with E-state index in [4.69, 9.17) is 4.84 Å². The van der Waals surface area contributed by atoms with Gasteiger partial charge < -0.3 is 10.6 Å². The van der Waals surface area contributed by atoms with E-state index >= 15 is 0 Å². The molecule has 3 aromatic rings. The second kappa shape index (κ2) is 12.8. The molecule has 2 N–H and O–H groups in total. The molecular weight excluding hydrogens is 474 g/mol. The van der Waals surface area contributed by atoms with Crippen LogP contribution in [0.3, 0.4) is 0 Å². The number of rotatable bonds is 14. The first-order valence-corrected chi connectivity index (χ1v) is 13.4. The fourth-order valence-corrected chi connectivity index (χ4v) is 4.71. The van der Waals surface area contributed by atoms with Gasteiger partial charge in [-0.1, -0.05) is 49.4 Å². The van der Waals surface area contributed by atoms with Crippen molar-refractivity contribution in [2.45, 2.75) is 72.1 Å². The highest BCUT2D eigenvalue weighted by Gasteiger charge is 2.39. The Morgan fingerprint density at radius 1 is 1.08 bits per heavy atom. The summed E-state index contributed by atoms with van der Waals surface area (Å²) in [7, 11) is 0. The van der Waals surface area contributed by atoms with Gasteiger partial charge in [-0.3, -0.25) is 4.79 Å². The van der Waals surface area contributed by atoms with Crippen LogP contribution in [0.15, 0.2) is 36.4 Å². The van der Waals surface area contributed by atoms with Gasteiger partial charge in [0.05, 0.1) is 5.69 Å². The summed E-state index contributed by atoms with van der Waals surface area (Å²) in [5, 5.41) is 26.7. The van der Waals surface area contributed by atoms with Gasteiger partial charge in [-0.25, -0.2) is 4.84 Å². The zero-order valence-corrected chi connectivity index (χ0v) is 22.1. The fraction of sp³-hybridized carbons (Fsp3) is 0.500. The Morgan fingerprint density at radius 3 is 2.69 bits per heavy atom. The molecule has 1 amide bonds. The minimum absolute atomic E-state index is 0.0222. The third-order valence-corrected chi connectivity index (χ3v) is 6.79. The van der Waals surface area contributed by atoms with Crippen molar-refractivity contribution in [3.63, 3.8) is 0 Å². The van der Waals surface area contributed by atoms with E-state index in [9.17, 15) is 4.79 Å². The molecule has 4 rings (SSSR count). The quantitative estimate of drug-likeness (QED) is 0.245. The van der Waals surface area contributed by atoms with E-state index < -0.39 is 0 Å². The number of hydrogen-bond acceptors (Lipinski definition) is 9. The summed E-state index contributed by atoms with van der Waals surface area (Å²) in [4.78, 5) is 16.8. The molecule has 0 spiro atoms. The van der Waals surface area contributed by atoms with Gasteiger partial charge in [-0.15, -0.1) is 15.3 Å². The molecule has 10 heteroatoms. The third kappa shape index (κ3) is 8.32. The van der Waals surface area contributed by atoms with Gasteiger partial charge in [0.15, 0.2) is 12.0 Å². The highest BCUT2D eigenvalue weighted by Crippen LogP contribution is 2.34. The molecule has 1 aromatic carbocycles. The molecule has 0 saturated carbocycles. The number of hydroxylamine groups is 1. The number of aryl methyl sites for hydroxylation is 2. The molecule has 3 heterocycles. The van der Waals surface area contributed by atoms with Gasteiger partial charge >= 0.3 is 0 Å². The van der Waals surface area contributed by atoms with Gasteiger partial charge in [0, 0.05) is 26.3 Å². The van der Waals surface area contributed by atoms with E-state index in [1.54, 1.807) is 17.4 Å². The van der Waals surface area contributed by atoms with Gasteiger partial charge in [-0.2, -0.15) is 10.2 Å². The van der Waals surface area contributed by atoms with Crippen molar-refractivity contribution in [2.75, 3.05) is 16.9 Å². The molecule has 2 aromatic heterocycles. The largest absolute Gasteiger partial charge is 0.313 e. The molecule has 1 aliphatic heterocycles. The Kier molecular flexibility index (Phi) is 9.32. The summed E-state index contributed by atoms with van der Waals surface area (Å²) in [5.74, 6) is 1.05. The second-order valence-corrected chi connectivity index (χ2v) is 10.6. The van der Waals surface area contributed by atoms with Crippen LogP contribution in [0.1, 0.15) is 61.9 Å². The zero-order chi connectivity index (χ0) is 25.3. The average molecular weight is 510 g/mol. The first kappa shape index (κ1) is 26.1. The number of nitrogens with zero attached hydrogens (tertiary/aromatic N) is 5. The lowest BCUT2D eigenvalue weighted by Gasteiger charge is -2.08. The van der Waals surface area contributed by atoms with Crippen molar-refractivity contribution >= 4 is 28.2 Å². The standard InChI is InChI=1S/C26H35N7O2S/c1-18(2)13-14-27-17-21-8-6-7-20(15-21)16-25-33(35-25)26-32-31-24(36-26)10-5-4-9-22-11-12-23(30-29-22)28-19(3)34/h6-8,11-12,15,18,25,27H,4-5,9-10,13-14,16-17H2,1-3H3,(H,28,30,34). The topological polar surface area (TPSA) is 108 Å². The van der Waals surface area contributed by atoms with Crippen LogP contribution in [0.2, 0.25) is 0 Å². The number of amides is 1. The van der Waals surface area contributed by atoms with Crippen LogP contribution >= 0.6 is 11.3 Å². The zero-order valence-electron chi connectivity index (χ0n) is 21.2. The van der Waals surface area contributed by atoms with Gasteiger partial charge in [0.2, 0.25) is 11.0 Å². The summed E-state index contributed by atoms with van der Waals surface area (Å²) in [5.41, 5.74) is 3.48. The maximum atomic E-state index is 11.1. The SMILES string of the molecule is CC(=O)Nc1ccc(CCCCc2nnc(N3OC3Cc3cccc(CNCCC(C)C)c3)s2)nn1. The molecule has 9 nitrogen and oxygen atoms in total. The molecule has 36 heavy (non-hydrogen) atoms. The lowest BCUT2D eigenvalue weighted by Crippen LogP contribution is -2.16. The summed E-state index contributed by atoms with van der Waals surface area (Å²) in [6, 6.07) is 12.4. The molecular formula is C26H35N7O2S. The number of benzene rings is 1. The van der Waals surface area contributed by atoms with E-state index in [1.165, 1.54) is 24.5 Å². The highest BCUT2D eigenvalue weighted by atomic mass is 32.1. The Labute approximate surface area is 216 Å². The number of carbonyl (C=O) groups excluding carboxylic acids is 1. The van der Waals surface area contributed by atoms with Crippen LogP contribution < -0.4 is 15.7 Å². The Balaban J connectivity index is 1.16. The van der Waals surface area contributed by atoms with Gasteiger partial charge in [-0.05, 0) is 61.4 Å². The van der Waals surface area contributed by atoms with Crippen LogP contribution in [0.5, 0.6) is 0 Å². The lowest BCUT2D eigenvalue weighted by molar-refractivity contribution is -0.114. The lowest BCUT2D eigenvalue weighted by atomic mass is 10.1. The second-order valence-electron chi connectivity index (χ2n) is 9.55. The molecule has 1 aliphatic rings. The normalized spacial score (nSPS) is 14.9. The van der Waals surface area contributed by atoms with Crippen molar-refractivity contribution in [1.82, 2.24) is 25.7 Å². The van der Waals surface area contributed by atoms with E-state index in [0.717, 1.165) is 66.9 Å². The number of nitrogens with one attached hydrogen (secondary N) is 2. The van der Waals surface area contributed by atoms with E-state index in [1.807, 2.05) is 11.1 Å². The van der Waals surface area contributed by atoms with E-state index in [-0.39, 0.29) is 12.1 Å². The molecule has 1 unspecified atom stereocenters. The number of carbonyl (C=O) groups is 1. The number of aromatic nitrogens is 4. The summed E-state index contributed by atoms with van der Waals surface area (Å²) >= 11 is 1.59. The number of unbranched alkanes of at least 4 members (excludes halogenated alkanes) is 1. The smallest absolute Gasteiger partial charge is 0.234 e. The Hall–Kier alpha value is -2.95. The van der Waals surface area contributed by atoms with Crippen molar-refractivity contribution in [3.05, 3.63) is 58.2 Å². The predicted molar refractivity (Wildman–Crippen MR) is 142 cm³/mol. The Bertz CT molecular complexity index is 1120. The molecule has 1 saturated heterocycles. The van der Waals surface area contributed by atoms with Gasteiger partial charge in [0.25, 0.3) is 0 Å². The van der Waals surface area contributed by atoms with E-state index in [0.29, 0.717) is 5.82 Å². The van der Waals surface area contributed by atoms with Crippen LogP contribution in [-0.2, 0) is 35.4 Å². The minimum atomic E-state index is -0.151. The third-order valence-electron chi connectivity index (χ3n) is 5.82. The first-order chi connectivity index (χ1) is 17.5. The number of hydrogen-bond donors (Lipinski definition) is 2. The average Bonchev–Trinajstić information content (AvgIpc) is 3.44. The molecule has 0 aliphatic carbocycles. The van der Waals surface area contributed by atoms with Crippen molar-refractivity contribution < 1.29 is 9.63 Å². The van der Waals surface area contributed by atoms with Crippen LogP contribution in [0, 0.1) is 5.92 Å². The summed E-state index contributed by atoms with van der Waals surface area (Å²) in [6.07, 6.45) is 5.73. The number of anilines is 2. The highest BCUT2D eigenvalue weighted by molar-refractivity contribution is 7.15. The Morgan fingerprint density at radius 2 is 1.92 bits per heavy atom. The van der Waals surface area contributed by atoms with Gasteiger partial charge in [0.1, 0.15) is 5.01 Å². The molecule has 1 fully saturated rings. The molecule has 192 valence electrons. The predicted octanol–water partition coefficient (Wildman–Crippen LogP) is 4.31. The van der Waals surface area contributed by atoms with Crippen LogP contribution in [0.4, 0.5) is 10.9 Å². The van der Waals surface area contributed by atoms with Crippen molar-refractivity contribution in [1.29, 1.82) is 0 Å². The summed E-state index contributed by atoms with van der Waals surface area (Å²) in [6.45, 7) is 7.89. The van der Waals surface area contributed by atoms with Crippen LogP contribution in [-0.4, -0.2) is 39.1 Å².